The molecule has 0 amide bonds. The van der Waals surface area contributed by atoms with E-state index in [1.165, 1.54) is 11.1 Å². The largest absolute Gasteiger partial charge is 0.493 e. The molecular formula is C15H24ClNO3. The van der Waals surface area contributed by atoms with Gasteiger partial charge >= 0.3 is 0 Å². The lowest BCUT2D eigenvalue weighted by Crippen LogP contribution is -2.38. The van der Waals surface area contributed by atoms with Crippen molar-refractivity contribution < 1.29 is 14.6 Å². The van der Waals surface area contributed by atoms with E-state index in [0.717, 1.165) is 37.3 Å². The maximum Gasteiger partial charge on any atom is 0.161 e. The Morgan fingerprint density at radius 3 is 2.35 bits per heavy atom. The second kappa shape index (κ2) is 7.72. The molecule has 0 aliphatic heterocycles. The summed E-state index contributed by atoms with van der Waals surface area (Å²) in [6.07, 6.45) is 3.18. The Morgan fingerprint density at radius 2 is 1.80 bits per heavy atom. The van der Waals surface area contributed by atoms with E-state index in [9.17, 15) is 0 Å². The average Bonchev–Trinajstić information content (AvgIpc) is 2.45. The summed E-state index contributed by atoms with van der Waals surface area (Å²) in [5.41, 5.74) is 2.69. The molecule has 0 bridgehead atoms. The van der Waals surface area contributed by atoms with Gasteiger partial charge in [0.1, 0.15) is 0 Å². The van der Waals surface area contributed by atoms with Crippen molar-refractivity contribution >= 4 is 12.4 Å². The Balaban J connectivity index is 0.00000200. The van der Waals surface area contributed by atoms with Crippen LogP contribution in [0.15, 0.2) is 12.1 Å². The molecule has 1 aliphatic rings. The molecule has 1 unspecified atom stereocenters. The fourth-order valence-electron chi connectivity index (χ4n) is 2.78. The number of nitrogens with zero attached hydrogens (tertiary/aromatic N) is 1. The molecule has 0 aromatic heterocycles. The molecule has 0 radical (unpaired) electrons. The van der Waals surface area contributed by atoms with Crippen LogP contribution in [0.3, 0.4) is 0 Å². The third kappa shape index (κ3) is 3.57. The van der Waals surface area contributed by atoms with Gasteiger partial charge in [-0.2, -0.15) is 0 Å². The topological polar surface area (TPSA) is 41.9 Å². The molecule has 0 heterocycles. The summed E-state index contributed by atoms with van der Waals surface area (Å²) in [5, 5.41) is 9.03. The predicted molar refractivity (Wildman–Crippen MR) is 82.3 cm³/mol. The van der Waals surface area contributed by atoms with Gasteiger partial charge in [0.25, 0.3) is 0 Å². The van der Waals surface area contributed by atoms with Gasteiger partial charge in [-0.25, -0.2) is 0 Å². The molecule has 1 aliphatic carbocycles. The van der Waals surface area contributed by atoms with Crippen LogP contribution >= 0.6 is 12.4 Å². The molecule has 0 saturated heterocycles. The van der Waals surface area contributed by atoms with Gasteiger partial charge < -0.3 is 19.5 Å². The van der Waals surface area contributed by atoms with Gasteiger partial charge in [-0.05, 0) is 49.6 Å². The SMILES string of the molecule is COc1cc2c(cc1OC)CC(N(C)CCO)CC2.Cl. The zero-order valence-electron chi connectivity index (χ0n) is 12.4. The van der Waals surface area contributed by atoms with E-state index < -0.39 is 0 Å². The highest BCUT2D eigenvalue weighted by Crippen LogP contribution is 2.34. The molecule has 4 nitrogen and oxygen atoms in total. The number of aliphatic hydroxyl groups excluding tert-OH is 1. The number of methoxy groups -OCH3 is 2. The van der Waals surface area contributed by atoms with Crippen LogP contribution in [0.4, 0.5) is 0 Å². The first-order valence-corrected chi connectivity index (χ1v) is 6.74. The number of hydrogen-bond acceptors (Lipinski definition) is 4. The van der Waals surface area contributed by atoms with Crippen molar-refractivity contribution in [2.75, 3.05) is 34.4 Å². The van der Waals surface area contributed by atoms with Gasteiger partial charge in [0.2, 0.25) is 0 Å². The van der Waals surface area contributed by atoms with Crippen LogP contribution in [-0.4, -0.2) is 50.5 Å². The number of aryl methyl sites for hydroxylation is 1. The molecule has 1 atom stereocenters. The molecular weight excluding hydrogens is 278 g/mol. The van der Waals surface area contributed by atoms with Gasteiger partial charge in [0, 0.05) is 12.6 Å². The minimum absolute atomic E-state index is 0. The van der Waals surface area contributed by atoms with Crippen LogP contribution < -0.4 is 9.47 Å². The number of ether oxygens (including phenoxy) is 2. The predicted octanol–water partition coefficient (Wildman–Crippen LogP) is 1.91. The van der Waals surface area contributed by atoms with Crippen molar-refractivity contribution in [3.63, 3.8) is 0 Å². The van der Waals surface area contributed by atoms with E-state index >= 15 is 0 Å². The van der Waals surface area contributed by atoms with E-state index in [1.807, 2.05) is 0 Å². The fraction of sp³-hybridized carbons (Fsp3) is 0.600. The van der Waals surface area contributed by atoms with Gasteiger partial charge in [0.05, 0.1) is 20.8 Å². The maximum atomic E-state index is 9.03. The van der Waals surface area contributed by atoms with Crippen LogP contribution in [0.5, 0.6) is 11.5 Å². The summed E-state index contributed by atoms with van der Waals surface area (Å²) in [4.78, 5) is 2.24. The number of fused-ring (bicyclic) bond motifs is 1. The van der Waals surface area contributed by atoms with Crippen molar-refractivity contribution in [2.45, 2.75) is 25.3 Å². The first-order chi connectivity index (χ1) is 9.19. The van der Waals surface area contributed by atoms with Crippen LogP contribution in [0.1, 0.15) is 17.5 Å². The van der Waals surface area contributed by atoms with Crippen LogP contribution in [-0.2, 0) is 12.8 Å². The Kier molecular flexibility index (Phi) is 6.59. The van der Waals surface area contributed by atoms with Crippen molar-refractivity contribution in [1.29, 1.82) is 0 Å². The summed E-state index contributed by atoms with van der Waals surface area (Å²) in [7, 11) is 5.42. The minimum Gasteiger partial charge on any atom is -0.493 e. The Morgan fingerprint density at radius 1 is 1.20 bits per heavy atom. The highest BCUT2D eigenvalue weighted by Gasteiger charge is 2.23. The number of likely N-dealkylation sites (N-methyl/N-ethyl adjacent to an activating group) is 1. The highest BCUT2D eigenvalue weighted by atomic mass is 35.5. The monoisotopic (exact) mass is 301 g/mol. The molecule has 5 heteroatoms. The molecule has 20 heavy (non-hydrogen) atoms. The lowest BCUT2D eigenvalue weighted by molar-refractivity contribution is 0.169. The smallest absolute Gasteiger partial charge is 0.161 e. The lowest BCUT2D eigenvalue weighted by atomic mass is 9.87. The van der Waals surface area contributed by atoms with Crippen LogP contribution in [0.25, 0.3) is 0 Å². The molecule has 1 N–H and O–H groups in total. The van der Waals surface area contributed by atoms with Gasteiger partial charge in [-0.15, -0.1) is 12.4 Å². The normalized spacial score (nSPS) is 17.4. The Bertz CT molecular complexity index is 439. The number of halogens is 1. The maximum absolute atomic E-state index is 9.03. The summed E-state index contributed by atoms with van der Waals surface area (Å²) < 4.78 is 10.7. The molecule has 0 saturated carbocycles. The minimum atomic E-state index is 0. The highest BCUT2D eigenvalue weighted by molar-refractivity contribution is 5.85. The van der Waals surface area contributed by atoms with Crippen molar-refractivity contribution in [3.05, 3.63) is 23.3 Å². The Labute approximate surface area is 127 Å². The second-order valence-corrected chi connectivity index (χ2v) is 5.08. The molecule has 0 fully saturated rings. The zero-order valence-corrected chi connectivity index (χ0v) is 13.2. The van der Waals surface area contributed by atoms with Crippen molar-refractivity contribution in [2.24, 2.45) is 0 Å². The van der Waals surface area contributed by atoms with E-state index in [0.29, 0.717) is 6.04 Å². The standard InChI is InChI=1S/C15H23NO3.ClH/c1-16(6-7-17)13-5-4-11-9-14(18-2)15(19-3)10-12(11)8-13;/h9-10,13,17H,4-8H2,1-3H3;1H. The Hall–Kier alpha value is -0.970. The molecule has 114 valence electrons. The molecule has 0 spiro atoms. The van der Waals surface area contributed by atoms with Crippen LogP contribution in [0, 0.1) is 0 Å². The lowest BCUT2D eigenvalue weighted by Gasteiger charge is -2.32. The molecule has 1 aromatic rings. The van der Waals surface area contributed by atoms with E-state index in [1.54, 1.807) is 14.2 Å². The summed E-state index contributed by atoms with van der Waals surface area (Å²) in [5.74, 6) is 1.61. The third-order valence-corrected chi connectivity index (χ3v) is 3.98. The summed E-state index contributed by atoms with van der Waals surface area (Å²) >= 11 is 0. The second-order valence-electron chi connectivity index (χ2n) is 5.08. The first-order valence-electron chi connectivity index (χ1n) is 6.74. The van der Waals surface area contributed by atoms with Crippen LogP contribution in [0.2, 0.25) is 0 Å². The third-order valence-electron chi connectivity index (χ3n) is 3.98. The quantitative estimate of drug-likeness (QED) is 0.902. The van der Waals surface area contributed by atoms with Gasteiger partial charge in [0.15, 0.2) is 11.5 Å². The van der Waals surface area contributed by atoms with Gasteiger partial charge in [-0.3, -0.25) is 0 Å². The fourth-order valence-corrected chi connectivity index (χ4v) is 2.78. The van der Waals surface area contributed by atoms with Crippen molar-refractivity contribution in [1.82, 2.24) is 4.90 Å². The van der Waals surface area contributed by atoms with E-state index in [-0.39, 0.29) is 19.0 Å². The molecule has 2 rings (SSSR count). The first kappa shape index (κ1) is 17.1. The van der Waals surface area contributed by atoms with Crippen molar-refractivity contribution in [3.8, 4) is 11.5 Å². The van der Waals surface area contributed by atoms with E-state index in [2.05, 4.69) is 24.1 Å². The number of aliphatic hydroxyl groups is 1. The zero-order chi connectivity index (χ0) is 13.8. The summed E-state index contributed by atoms with van der Waals surface area (Å²) in [6, 6.07) is 4.68. The summed E-state index contributed by atoms with van der Waals surface area (Å²) in [6.45, 7) is 0.944. The van der Waals surface area contributed by atoms with Gasteiger partial charge in [-0.1, -0.05) is 0 Å². The molecule has 1 aromatic carbocycles. The number of rotatable bonds is 5. The average molecular weight is 302 g/mol. The van der Waals surface area contributed by atoms with E-state index in [4.69, 9.17) is 14.6 Å². The number of hydrogen-bond donors (Lipinski definition) is 1. The number of benzene rings is 1.